The zero-order chi connectivity index (χ0) is 13.0. The summed E-state index contributed by atoms with van der Waals surface area (Å²) in [6, 6.07) is 4.85. The molecular formula is C13H15ClFN3. The Hall–Kier alpha value is -1.39. The van der Waals surface area contributed by atoms with Crippen molar-refractivity contribution >= 4 is 11.6 Å². The van der Waals surface area contributed by atoms with Gasteiger partial charge in [-0.15, -0.1) is 0 Å². The van der Waals surface area contributed by atoms with Gasteiger partial charge < -0.3 is 5.32 Å². The number of hydrogen-bond donors (Lipinski definition) is 1. The Bertz CT molecular complexity index is 525. The summed E-state index contributed by atoms with van der Waals surface area (Å²) in [6.45, 7) is 1.37. The average molecular weight is 268 g/mol. The van der Waals surface area contributed by atoms with Crippen molar-refractivity contribution in [3.05, 3.63) is 52.6 Å². The van der Waals surface area contributed by atoms with Crippen molar-refractivity contribution in [1.29, 1.82) is 0 Å². The number of nitrogens with one attached hydrogen (secondary N) is 1. The first kappa shape index (κ1) is 13.1. The summed E-state index contributed by atoms with van der Waals surface area (Å²) in [7, 11) is 1.89. The Balaban J connectivity index is 1.80. The lowest BCUT2D eigenvalue weighted by Gasteiger charge is -2.06. The lowest BCUT2D eigenvalue weighted by molar-refractivity contribution is 0.620. The molecule has 0 aliphatic rings. The van der Waals surface area contributed by atoms with Crippen LogP contribution in [0.1, 0.15) is 11.1 Å². The van der Waals surface area contributed by atoms with E-state index in [0.717, 1.165) is 18.5 Å². The molecule has 0 amide bonds. The third-order valence-corrected chi connectivity index (χ3v) is 3.12. The van der Waals surface area contributed by atoms with Crippen LogP contribution in [0.4, 0.5) is 4.39 Å². The highest BCUT2D eigenvalue weighted by Gasteiger charge is 2.04. The second-order valence-electron chi connectivity index (χ2n) is 4.16. The fraction of sp³-hybridized carbons (Fsp3) is 0.308. The van der Waals surface area contributed by atoms with Gasteiger partial charge in [0.15, 0.2) is 0 Å². The molecule has 1 aromatic carbocycles. The molecule has 0 saturated heterocycles. The maximum absolute atomic E-state index is 13.2. The molecule has 0 bridgehead atoms. The first-order valence-electron chi connectivity index (χ1n) is 5.78. The number of rotatable bonds is 5. The van der Waals surface area contributed by atoms with Crippen LogP contribution in [-0.2, 0) is 20.0 Å². The predicted molar refractivity (Wildman–Crippen MR) is 70.0 cm³/mol. The molecule has 0 aliphatic heterocycles. The predicted octanol–water partition coefficient (Wildman–Crippen LogP) is 2.54. The summed E-state index contributed by atoms with van der Waals surface area (Å²) in [6.07, 6.45) is 4.72. The Kier molecular flexibility index (Phi) is 4.33. The molecule has 0 spiro atoms. The van der Waals surface area contributed by atoms with Crippen LogP contribution in [0.5, 0.6) is 0 Å². The van der Waals surface area contributed by atoms with Crippen molar-refractivity contribution in [2.45, 2.75) is 13.0 Å². The molecule has 2 aromatic rings. The average Bonchev–Trinajstić information content (AvgIpc) is 2.76. The Morgan fingerprint density at radius 1 is 1.44 bits per heavy atom. The van der Waals surface area contributed by atoms with Gasteiger partial charge in [-0.2, -0.15) is 5.10 Å². The minimum atomic E-state index is -0.372. The van der Waals surface area contributed by atoms with Gasteiger partial charge in [0.2, 0.25) is 0 Å². The molecule has 18 heavy (non-hydrogen) atoms. The van der Waals surface area contributed by atoms with Gasteiger partial charge in [-0.25, -0.2) is 4.39 Å². The Labute approximate surface area is 111 Å². The summed E-state index contributed by atoms with van der Waals surface area (Å²) in [5, 5.41) is 7.54. The van der Waals surface area contributed by atoms with Crippen molar-refractivity contribution < 1.29 is 4.39 Å². The van der Waals surface area contributed by atoms with Gasteiger partial charge in [0.25, 0.3) is 0 Å². The number of halogens is 2. The Morgan fingerprint density at radius 2 is 2.28 bits per heavy atom. The molecule has 0 saturated carbocycles. The molecule has 0 aliphatic carbocycles. The van der Waals surface area contributed by atoms with Crippen molar-refractivity contribution in [2.75, 3.05) is 6.54 Å². The largest absolute Gasteiger partial charge is 0.312 e. The summed E-state index contributed by atoms with van der Waals surface area (Å²) in [4.78, 5) is 0. The quantitative estimate of drug-likeness (QED) is 0.844. The van der Waals surface area contributed by atoms with Gasteiger partial charge in [0.1, 0.15) is 5.82 Å². The highest BCUT2D eigenvalue weighted by atomic mass is 35.5. The lowest BCUT2D eigenvalue weighted by atomic mass is 10.2. The molecule has 0 unspecified atom stereocenters. The number of nitrogens with zero attached hydrogens (tertiary/aromatic N) is 2. The van der Waals surface area contributed by atoms with Crippen LogP contribution in [0.2, 0.25) is 5.02 Å². The summed E-state index contributed by atoms with van der Waals surface area (Å²) >= 11 is 5.86. The smallest absolute Gasteiger partial charge is 0.142 e. The minimum absolute atomic E-state index is 0.200. The van der Waals surface area contributed by atoms with E-state index in [-0.39, 0.29) is 10.8 Å². The Morgan fingerprint density at radius 3 is 3.00 bits per heavy atom. The van der Waals surface area contributed by atoms with Gasteiger partial charge in [0, 0.05) is 19.8 Å². The van der Waals surface area contributed by atoms with Gasteiger partial charge in [-0.3, -0.25) is 4.68 Å². The molecule has 3 nitrogen and oxygen atoms in total. The topological polar surface area (TPSA) is 29.9 Å². The summed E-state index contributed by atoms with van der Waals surface area (Å²) in [5.74, 6) is -0.372. The van der Waals surface area contributed by atoms with E-state index in [1.165, 1.54) is 11.6 Å². The molecule has 5 heteroatoms. The fourth-order valence-electron chi connectivity index (χ4n) is 1.74. The van der Waals surface area contributed by atoms with Crippen molar-refractivity contribution in [3.63, 3.8) is 0 Å². The van der Waals surface area contributed by atoms with E-state index in [9.17, 15) is 4.39 Å². The highest BCUT2D eigenvalue weighted by molar-refractivity contribution is 6.31. The lowest BCUT2D eigenvalue weighted by Crippen LogP contribution is -2.16. The zero-order valence-electron chi connectivity index (χ0n) is 10.2. The van der Waals surface area contributed by atoms with E-state index >= 15 is 0 Å². The monoisotopic (exact) mass is 267 g/mol. The molecule has 1 aromatic heterocycles. The van der Waals surface area contributed by atoms with Crippen LogP contribution in [-0.4, -0.2) is 16.3 Å². The molecule has 96 valence electrons. The van der Waals surface area contributed by atoms with Crippen molar-refractivity contribution in [1.82, 2.24) is 15.1 Å². The number of aryl methyl sites for hydroxylation is 1. The van der Waals surface area contributed by atoms with Gasteiger partial charge in [-0.1, -0.05) is 23.7 Å². The van der Waals surface area contributed by atoms with Crippen LogP contribution in [0, 0.1) is 5.82 Å². The molecular weight excluding hydrogens is 253 g/mol. The zero-order valence-corrected chi connectivity index (χ0v) is 10.9. The maximum atomic E-state index is 13.2. The van der Waals surface area contributed by atoms with E-state index in [1.54, 1.807) is 10.7 Å². The van der Waals surface area contributed by atoms with Crippen LogP contribution in [0.25, 0.3) is 0 Å². The van der Waals surface area contributed by atoms with Gasteiger partial charge >= 0.3 is 0 Å². The first-order chi connectivity index (χ1) is 8.66. The number of benzene rings is 1. The molecule has 1 heterocycles. The molecule has 0 atom stereocenters. The standard InChI is InChI=1S/C13H15ClFN3/c1-18-9-10(7-17-18)5-6-16-8-11-3-2-4-12(15)13(11)14/h2-4,7,9,16H,5-6,8H2,1H3. The van der Waals surface area contributed by atoms with Gasteiger partial charge in [0.05, 0.1) is 11.2 Å². The van der Waals surface area contributed by atoms with E-state index < -0.39 is 0 Å². The third kappa shape index (κ3) is 3.31. The van der Waals surface area contributed by atoms with Crippen LogP contribution >= 0.6 is 11.6 Å². The normalized spacial score (nSPS) is 10.8. The van der Waals surface area contributed by atoms with Crippen molar-refractivity contribution in [3.8, 4) is 0 Å². The summed E-state index contributed by atoms with van der Waals surface area (Å²) < 4.78 is 15.0. The summed E-state index contributed by atoms with van der Waals surface area (Å²) in [5.41, 5.74) is 1.96. The van der Waals surface area contributed by atoms with E-state index in [0.29, 0.717) is 6.54 Å². The van der Waals surface area contributed by atoms with Crippen LogP contribution < -0.4 is 5.32 Å². The fourth-order valence-corrected chi connectivity index (χ4v) is 1.93. The van der Waals surface area contributed by atoms with Crippen molar-refractivity contribution in [2.24, 2.45) is 7.05 Å². The second kappa shape index (κ2) is 5.98. The van der Waals surface area contributed by atoms with E-state index in [4.69, 9.17) is 11.6 Å². The molecule has 1 N–H and O–H groups in total. The SMILES string of the molecule is Cn1cc(CCNCc2cccc(F)c2Cl)cn1. The van der Waals surface area contributed by atoms with E-state index in [2.05, 4.69) is 10.4 Å². The number of hydrogen-bond acceptors (Lipinski definition) is 2. The molecule has 0 radical (unpaired) electrons. The van der Waals surface area contributed by atoms with Crippen LogP contribution in [0.3, 0.4) is 0 Å². The van der Waals surface area contributed by atoms with Gasteiger partial charge in [-0.05, 0) is 30.2 Å². The first-order valence-corrected chi connectivity index (χ1v) is 6.16. The maximum Gasteiger partial charge on any atom is 0.142 e. The van der Waals surface area contributed by atoms with Crippen LogP contribution in [0.15, 0.2) is 30.6 Å². The minimum Gasteiger partial charge on any atom is -0.312 e. The molecule has 2 rings (SSSR count). The molecule has 0 fully saturated rings. The third-order valence-electron chi connectivity index (χ3n) is 2.70. The second-order valence-corrected chi connectivity index (χ2v) is 4.54. The number of aromatic nitrogens is 2. The van der Waals surface area contributed by atoms with E-state index in [1.807, 2.05) is 25.5 Å². The highest BCUT2D eigenvalue weighted by Crippen LogP contribution is 2.19.